The van der Waals surface area contributed by atoms with Crippen molar-refractivity contribution >= 4 is 40.3 Å². The van der Waals surface area contributed by atoms with Crippen molar-refractivity contribution in [2.75, 3.05) is 11.9 Å². The van der Waals surface area contributed by atoms with E-state index in [1.165, 1.54) is 12.5 Å². The highest BCUT2D eigenvalue weighted by molar-refractivity contribution is 14.1. The van der Waals surface area contributed by atoms with Crippen molar-refractivity contribution in [2.45, 2.75) is 6.54 Å². The highest BCUT2D eigenvalue weighted by atomic mass is 127. The standard InChI is InChI=1S/C13H13IN4O3/c14-9-2-1-3-10(6-9)17-13(21)15-4-5-18-7-11(12(19)20)16-8-18/h1-3,6-8H,4-5H2,(H,19,20)(H2,15,17,21). The van der Waals surface area contributed by atoms with Crippen LogP contribution in [-0.4, -0.2) is 33.2 Å². The molecule has 0 aliphatic heterocycles. The van der Waals surface area contributed by atoms with Gasteiger partial charge in [-0.1, -0.05) is 6.07 Å². The van der Waals surface area contributed by atoms with E-state index in [1.807, 2.05) is 18.2 Å². The van der Waals surface area contributed by atoms with Crippen molar-refractivity contribution in [1.29, 1.82) is 0 Å². The van der Waals surface area contributed by atoms with Crippen molar-refractivity contribution in [1.82, 2.24) is 14.9 Å². The normalized spacial score (nSPS) is 10.1. The van der Waals surface area contributed by atoms with Crippen LogP contribution in [0.15, 0.2) is 36.8 Å². The average Bonchev–Trinajstić information content (AvgIpc) is 2.87. The molecule has 0 aliphatic rings. The fourth-order valence-electron chi connectivity index (χ4n) is 1.63. The van der Waals surface area contributed by atoms with Gasteiger partial charge in [-0.2, -0.15) is 0 Å². The SMILES string of the molecule is O=C(NCCn1cnc(C(=O)O)c1)Nc1cccc(I)c1. The summed E-state index contributed by atoms with van der Waals surface area (Å²) in [5.41, 5.74) is 0.702. The van der Waals surface area contributed by atoms with Gasteiger partial charge in [0.2, 0.25) is 0 Å². The Morgan fingerprint density at radius 1 is 1.38 bits per heavy atom. The van der Waals surface area contributed by atoms with Gasteiger partial charge in [0.1, 0.15) is 0 Å². The van der Waals surface area contributed by atoms with Crippen LogP contribution in [0.2, 0.25) is 0 Å². The van der Waals surface area contributed by atoms with Gasteiger partial charge in [-0.25, -0.2) is 14.6 Å². The zero-order valence-electron chi connectivity index (χ0n) is 10.9. The van der Waals surface area contributed by atoms with E-state index >= 15 is 0 Å². The van der Waals surface area contributed by atoms with Crippen LogP contribution in [0.1, 0.15) is 10.5 Å². The first-order valence-electron chi connectivity index (χ1n) is 6.10. The Balaban J connectivity index is 1.77. The number of carboxylic acid groups (broad SMARTS) is 1. The monoisotopic (exact) mass is 400 g/mol. The number of hydrogen-bond acceptors (Lipinski definition) is 3. The van der Waals surface area contributed by atoms with E-state index in [4.69, 9.17) is 5.11 Å². The van der Waals surface area contributed by atoms with Crippen molar-refractivity contribution in [2.24, 2.45) is 0 Å². The number of nitrogens with one attached hydrogen (secondary N) is 2. The summed E-state index contributed by atoms with van der Waals surface area (Å²) in [6.45, 7) is 0.811. The van der Waals surface area contributed by atoms with Gasteiger partial charge in [-0.15, -0.1) is 0 Å². The lowest BCUT2D eigenvalue weighted by molar-refractivity contribution is 0.0691. The summed E-state index contributed by atoms with van der Waals surface area (Å²) in [6.07, 6.45) is 2.84. The third-order valence-electron chi connectivity index (χ3n) is 2.59. The molecular formula is C13H13IN4O3. The molecule has 0 atom stereocenters. The number of carbonyl (C=O) groups excluding carboxylic acids is 1. The molecule has 1 aromatic carbocycles. The van der Waals surface area contributed by atoms with E-state index in [-0.39, 0.29) is 11.7 Å². The van der Waals surface area contributed by atoms with Gasteiger partial charge < -0.3 is 20.3 Å². The minimum atomic E-state index is -1.07. The quantitative estimate of drug-likeness (QED) is 0.670. The molecule has 0 fully saturated rings. The summed E-state index contributed by atoms with van der Waals surface area (Å²) in [5, 5.41) is 14.1. The molecule has 110 valence electrons. The maximum absolute atomic E-state index is 11.7. The van der Waals surface area contributed by atoms with Gasteiger partial charge in [-0.05, 0) is 40.8 Å². The van der Waals surface area contributed by atoms with E-state index in [1.54, 1.807) is 10.6 Å². The maximum Gasteiger partial charge on any atom is 0.356 e. The lowest BCUT2D eigenvalue weighted by Crippen LogP contribution is -2.31. The number of halogens is 1. The second-order valence-corrected chi connectivity index (χ2v) is 5.44. The molecule has 21 heavy (non-hydrogen) atoms. The Kier molecular flexibility index (Phi) is 5.14. The second kappa shape index (κ2) is 7.07. The number of anilines is 1. The molecule has 0 bridgehead atoms. The van der Waals surface area contributed by atoms with Crippen LogP contribution in [0.25, 0.3) is 0 Å². The van der Waals surface area contributed by atoms with Gasteiger partial charge in [-0.3, -0.25) is 0 Å². The number of amides is 2. The van der Waals surface area contributed by atoms with Crippen LogP contribution < -0.4 is 10.6 Å². The summed E-state index contributed by atoms with van der Waals surface area (Å²) >= 11 is 2.17. The highest BCUT2D eigenvalue weighted by Gasteiger charge is 2.06. The third kappa shape index (κ3) is 4.74. The summed E-state index contributed by atoms with van der Waals surface area (Å²) < 4.78 is 2.64. The maximum atomic E-state index is 11.7. The van der Waals surface area contributed by atoms with Crippen LogP contribution in [-0.2, 0) is 6.54 Å². The van der Waals surface area contributed by atoms with Crippen LogP contribution in [0, 0.1) is 3.57 Å². The first-order valence-corrected chi connectivity index (χ1v) is 7.18. The Hall–Kier alpha value is -2.10. The Bertz CT molecular complexity index is 656. The number of aromatic nitrogens is 2. The molecule has 7 nitrogen and oxygen atoms in total. The molecule has 0 saturated heterocycles. The first kappa shape index (κ1) is 15.3. The summed E-state index contributed by atoms with van der Waals surface area (Å²) in [7, 11) is 0. The van der Waals surface area contributed by atoms with Crippen LogP contribution in [0.5, 0.6) is 0 Å². The Morgan fingerprint density at radius 3 is 2.86 bits per heavy atom. The number of hydrogen-bond donors (Lipinski definition) is 3. The average molecular weight is 400 g/mol. The van der Waals surface area contributed by atoms with Gasteiger partial charge in [0.05, 0.1) is 6.33 Å². The third-order valence-corrected chi connectivity index (χ3v) is 3.26. The van der Waals surface area contributed by atoms with Crippen LogP contribution >= 0.6 is 22.6 Å². The number of aromatic carboxylic acids is 1. The predicted octanol–water partition coefficient (Wildman–Crippen LogP) is 2.01. The summed E-state index contributed by atoms with van der Waals surface area (Å²) in [6, 6.07) is 7.14. The lowest BCUT2D eigenvalue weighted by atomic mass is 10.3. The van der Waals surface area contributed by atoms with Crippen LogP contribution in [0.3, 0.4) is 0 Å². The van der Waals surface area contributed by atoms with E-state index < -0.39 is 5.97 Å². The molecule has 0 saturated carbocycles. The number of benzene rings is 1. The molecule has 0 radical (unpaired) electrons. The molecule has 1 heterocycles. The zero-order valence-corrected chi connectivity index (χ0v) is 13.1. The van der Waals surface area contributed by atoms with Crippen molar-refractivity contribution in [3.05, 3.63) is 46.1 Å². The van der Waals surface area contributed by atoms with Gasteiger partial charge in [0.25, 0.3) is 0 Å². The number of imidazole rings is 1. The molecule has 2 amide bonds. The molecule has 1 aromatic heterocycles. The smallest absolute Gasteiger partial charge is 0.356 e. The van der Waals surface area contributed by atoms with E-state index in [0.717, 1.165) is 9.26 Å². The lowest BCUT2D eigenvalue weighted by Gasteiger charge is -2.08. The van der Waals surface area contributed by atoms with Crippen molar-refractivity contribution < 1.29 is 14.7 Å². The molecule has 8 heteroatoms. The number of carboxylic acids is 1. The fraction of sp³-hybridized carbons (Fsp3) is 0.154. The molecule has 2 aromatic rings. The number of nitrogens with zero attached hydrogens (tertiary/aromatic N) is 2. The van der Waals surface area contributed by atoms with Gasteiger partial charge in [0, 0.05) is 28.5 Å². The molecule has 0 spiro atoms. The van der Waals surface area contributed by atoms with E-state index in [9.17, 15) is 9.59 Å². The minimum Gasteiger partial charge on any atom is -0.476 e. The number of rotatable bonds is 5. The van der Waals surface area contributed by atoms with Crippen molar-refractivity contribution in [3.63, 3.8) is 0 Å². The largest absolute Gasteiger partial charge is 0.476 e. The molecule has 2 rings (SSSR count). The van der Waals surface area contributed by atoms with Crippen LogP contribution in [0.4, 0.5) is 10.5 Å². The predicted molar refractivity (Wildman–Crippen MR) is 85.4 cm³/mol. The summed E-state index contributed by atoms with van der Waals surface area (Å²) in [4.78, 5) is 26.1. The highest BCUT2D eigenvalue weighted by Crippen LogP contribution is 2.11. The van der Waals surface area contributed by atoms with Gasteiger partial charge in [0.15, 0.2) is 5.69 Å². The Morgan fingerprint density at radius 2 is 2.19 bits per heavy atom. The minimum absolute atomic E-state index is 0.0155. The number of carbonyl (C=O) groups is 2. The Labute approximate surface area is 134 Å². The fourth-order valence-corrected chi connectivity index (χ4v) is 2.18. The summed E-state index contributed by atoms with van der Waals surface area (Å²) in [5.74, 6) is -1.07. The molecular weight excluding hydrogens is 387 g/mol. The molecule has 0 aliphatic carbocycles. The van der Waals surface area contributed by atoms with E-state index in [0.29, 0.717) is 13.1 Å². The van der Waals surface area contributed by atoms with Gasteiger partial charge >= 0.3 is 12.0 Å². The zero-order chi connectivity index (χ0) is 15.2. The topological polar surface area (TPSA) is 96.2 Å². The second-order valence-electron chi connectivity index (χ2n) is 4.19. The molecule has 0 unspecified atom stereocenters. The molecule has 3 N–H and O–H groups in total. The first-order chi connectivity index (χ1) is 10.0. The van der Waals surface area contributed by atoms with E-state index in [2.05, 4.69) is 38.2 Å². The number of urea groups is 1. The van der Waals surface area contributed by atoms with Crippen molar-refractivity contribution in [3.8, 4) is 0 Å².